The minimum atomic E-state index is -0.565. The van der Waals surface area contributed by atoms with Crippen LogP contribution in [-0.4, -0.2) is 30.2 Å². The molecule has 0 aliphatic heterocycles. The van der Waals surface area contributed by atoms with Crippen molar-refractivity contribution in [1.29, 1.82) is 0 Å². The maximum Gasteiger partial charge on any atom is 0.219 e. The first-order valence-corrected chi connectivity index (χ1v) is 8.43. The maximum atomic E-state index is 12.1. The lowest BCUT2D eigenvalue weighted by Crippen LogP contribution is -2.28. The second-order valence-electron chi connectivity index (χ2n) is 5.51. The molecule has 0 aliphatic rings. The van der Waals surface area contributed by atoms with Crippen molar-refractivity contribution in [3.63, 3.8) is 0 Å². The third-order valence-corrected chi connectivity index (χ3v) is 3.53. The van der Waals surface area contributed by atoms with Crippen LogP contribution in [0.2, 0.25) is 5.02 Å². The van der Waals surface area contributed by atoms with Crippen LogP contribution in [0.3, 0.4) is 0 Å². The molecule has 1 aromatic heterocycles. The zero-order valence-electron chi connectivity index (χ0n) is 14.5. The third-order valence-electron chi connectivity index (χ3n) is 3.23. The van der Waals surface area contributed by atoms with E-state index in [4.69, 9.17) is 21.1 Å². The molecule has 1 heterocycles. The highest BCUT2D eigenvalue weighted by molar-refractivity contribution is 6.32. The Morgan fingerprint density at radius 2 is 2.19 bits per heavy atom. The van der Waals surface area contributed by atoms with E-state index in [1.165, 1.54) is 6.92 Å². The van der Waals surface area contributed by atoms with Gasteiger partial charge < -0.3 is 14.8 Å². The molecule has 1 N–H and O–H groups in total. The first-order chi connectivity index (χ1) is 12.5. The summed E-state index contributed by atoms with van der Waals surface area (Å²) in [4.78, 5) is 15.2. The number of aromatic nitrogens is 1. The van der Waals surface area contributed by atoms with Crippen molar-refractivity contribution in [3.8, 4) is 17.4 Å². The summed E-state index contributed by atoms with van der Waals surface area (Å²) in [7, 11) is 0. The van der Waals surface area contributed by atoms with Crippen LogP contribution in [0.25, 0.3) is 6.08 Å². The summed E-state index contributed by atoms with van der Waals surface area (Å²) in [6, 6.07) is 8.34. The molecule has 0 aliphatic carbocycles. The fourth-order valence-corrected chi connectivity index (χ4v) is 2.31. The number of rotatable bonds is 8. The monoisotopic (exact) mass is 378 g/mol. The minimum Gasteiger partial charge on any atom is -0.491 e. The van der Waals surface area contributed by atoms with Crippen LogP contribution in [-0.2, 0) is 4.79 Å². The number of halogens is 2. The fourth-order valence-electron chi connectivity index (χ4n) is 2.10. The molecule has 138 valence electrons. The predicted octanol–water partition coefficient (Wildman–Crippen LogP) is 4.41. The molecule has 0 radical (unpaired) electrons. The predicted molar refractivity (Wildman–Crippen MR) is 99.5 cm³/mol. The molecule has 0 unspecified atom stereocenters. The van der Waals surface area contributed by atoms with Gasteiger partial charge in [0.15, 0.2) is 0 Å². The van der Waals surface area contributed by atoms with Crippen molar-refractivity contribution < 1.29 is 18.7 Å². The summed E-state index contributed by atoms with van der Waals surface area (Å²) in [6.45, 7) is 2.77. The third kappa shape index (κ3) is 6.37. The van der Waals surface area contributed by atoms with Gasteiger partial charge in [-0.1, -0.05) is 23.8 Å². The zero-order valence-corrected chi connectivity index (χ0v) is 15.3. The van der Waals surface area contributed by atoms with Gasteiger partial charge in [-0.05, 0) is 30.7 Å². The number of alkyl halides is 1. The highest BCUT2D eigenvalue weighted by Crippen LogP contribution is 2.31. The quantitative estimate of drug-likeness (QED) is 0.739. The Hall–Kier alpha value is -2.60. The van der Waals surface area contributed by atoms with Gasteiger partial charge in [0.1, 0.15) is 24.8 Å². The Kier molecular flexibility index (Phi) is 7.41. The highest BCUT2D eigenvalue weighted by Gasteiger charge is 2.06. The van der Waals surface area contributed by atoms with Crippen molar-refractivity contribution in [2.75, 3.05) is 13.3 Å². The molecule has 2 rings (SSSR count). The number of carbonyl (C=O) groups is 1. The largest absolute Gasteiger partial charge is 0.491 e. The van der Waals surface area contributed by atoms with E-state index < -0.39 is 6.67 Å². The van der Waals surface area contributed by atoms with Gasteiger partial charge >= 0.3 is 0 Å². The summed E-state index contributed by atoms with van der Waals surface area (Å²) in [5, 5.41) is 3.11. The number of hydrogen-bond acceptors (Lipinski definition) is 4. The van der Waals surface area contributed by atoms with Gasteiger partial charge in [-0.25, -0.2) is 9.37 Å². The second kappa shape index (κ2) is 9.77. The molecule has 0 bridgehead atoms. The summed E-state index contributed by atoms with van der Waals surface area (Å²) in [5.41, 5.74) is 0.871. The number of amides is 1. The van der Waals surface area contributed by atoms with Gasteiger partial charge in [0, 0.05) is 31.3 Å². The van der Waals surface area contributed by atoms with E-state index in [-0.39, 0.29) is 18.6 Å². The molecule has 0 spiro atoms. The van der Waals surface area contributed by atoms with Crippen molar-refractivity contribution in [2.24, 2.45) is 0 Å². The smallest absolute Gasteiger partial charge is 0.219 e. The minimum absolute atomic E-state index is 0.0202. The van der Waals surface area contributed by atoms with E-state index in [1.54, 1.807) is 30.5 Å². The van der Waals surface area contributed by atoms with Crippen LogP contribution in [0.4, 0.5) is 4.39 Å². The lowest BCUT2D eigenvalue weighted by molar-refractivity contribution is -0.119. The second-order valence-corrected chi connectivity index (χ2v) is 5.92. The highest BCUT2D eigenvalue weighted by atomic mass is 35.5. The first kappa shape index (κ1) is 19.7. The number of pyridine rings is 1. The number of nitrogens with one attached hydrogen (secondary N) is 1. The Labute approximate surface area is 156 Å². The number of carbonyl (C=O) groups excluding carboxylic acids is 1. The summed E-state index contributed by atoms with van der Waals surface area (Å²) >= 11 is 6.14. The molecular formula is C19H20ClFN2O3. The van der Waals surface area contributed by atoms with E-state index in [1.807, 2.05) is 25.1 Å². The van der Waals surface area contributed by atoms with E-state index in [0.717, 1.165) is 5.56 Å². The molecule has 5 nitrogen and oxygen atoms in total. The molecule has 0 saturated heterocycles. The number of hydrogen-bond donors (Lipinski definition) is 1. The lowest BCUT2D eigenvalue weighted by atomic mass is 10.2. The first-order valence-electron chi connectivity index (χ1n) is 8.05. The standard InChI is InChI=1S/C19H20ClFN2O3/c1-13(23-14(2)24)3-4-15-5-8-19(22-12-15)26-18-7-6-16(11-17(18)20)25-10-9-21/h3-8,11-13H,9-10H2,1-2H3,(H,23,24)/t13-/m0/s1. The van der Waals surface area contributed by atoms with Gasteiger partial charge in [-0.2, -0.15) is 0 Å². The van der Waals surface area contributed by atoms with Crippen LogP contribution in [0, 0.1) is 0 Å². The van der Waals surface area contributed by atoms with E-state index in [9.17, 15) is 9.18 Å². The Balaban J connectivity index is 1.98. The Bertz CT molecular complexity index is 766. The topological polar surface area (TPSA) is 60.5 Å². The molecule has 7 heteroatoms. The lowest BCUT2D eigenvalue weighted by Gasteiger charge is -2.09. The molecule has 1 aromatic carbocycles. The van der Waals surface area contributed by atoms with Gasteiger partial charge in [-0.15, -0.1) is 0 Å². The van der Waals surface area contributed by atoms with Crippen LogP contribution >= 0.6 is 11.6 Å². The fraction of sp³-hybridized carbons (Fsp3) is 0.263. The van der Waals surface area contributed by atoms with Crippen LogP contribution in [0.15, 0.2) is 42.6 Å². The van der Waals surface area contributed by atoms with Gasteiger partial charge in [0.25, 0.3) is 0 Å². The van der Waals surface area contributed by atoms with E-state index >= 15 is 0 Å². The number of benzene rings is 1. The summed E-state index contributed by atoms with van der Waals surface area (Å²) in [5.74, 6) is 1.20. The van der Waals surface area contributed by atoms with Gasteiger partial charge in [0.2, 0.25) is 11.8 Å². The number of ether oxygens (including phenoxy) is 2. The molecular weight excluding hydrogens is 359 g/mol. The van der Waals surface area contributed by atoms with E-state index in [2.05, 4.69) is 10.3 Å². The summed E-state index contributed by atoms with van der Waals surface area (Å²) in [6.07, 6.45) is 5.38. The zero-order chi connectivity index (χ0) is 18.9. The molecule has 1 atom stereocenters. The Morgan fingerprint density at radius 3 is 2.81 bits per heavy atom. The maximum absolute atomic E-state index is 12.1. The van der Waals surface area contributed by atoms with Crippen LogP contribution in [0.5, 0.6) is 17.4 Å². The van der Waals surface area contributed by atoms with Crippen LogP contribution < -0.4 is 14.8 Å². The molecule has 26 heavy (non-hydrogen) atoms. The van der Waals surface area contributed by atoms with Crippen molar-refractivity contribution in [3.05, 3.63) is 53.2 Å². The molecule has 2 aromatic rings. The van der Waals surface area contributed by atoms with Gasteiger partial charge in [0.05, 0.1) is 5.02 Å². The SMILES string of the molecule is CC(=O)N[C@@H](C)C=Cc1ccc(Oc2ccc(OCCF)cc2Cl)nc1. The van der Waals surface area contributed by atoms with E-state index in [0.29, 0.717) is 22.4 Å². The summed E-state index contributed by atoms with van der Waals surface area (Å²) < 4.78 is 22.9. The Morgan fingerprint density at radius 1 is 1.38 bits per heavy atom. The molecule has 0 saturated carbocycles. The van der Waals surface area contributed by atoms with Crippen LogP contribution in [0.1, 0.15) is 19.4 Å². The average Bonchev–Trinajstić information content (AvgIpc) is 2.61. The number of nitrogens with zero attached hydrogens (tertiary/aromatic N) is 1. The van der Waals surface area contributed by atoms with Crippen molar-refractivity contribution >= 4 is 23.6 Å². The normalized spacial score (nSPS) is 12.0. The average molecular weight is 379 g/mol. The van der Waals surface area contributed by atoms with Crippen molar-refractivity contribution in [2.45, 2.75) is 19.9 Å². The van der Waals surface area contributed by atoms with Gasteiger partial charge in [-0.3, -0.25) is 4.79 Å². The molecule has 1 amide bonds. The molecule has 0 fully saturated rings. The van der Waals surface area contributed by atoms with Crippen molar-refractivity contribution in [1.82, 2.24) is 10.3 Å².